The van der Waals surface area contributed by atoms with Gasteiger partial charge in [0, 0.05) is 43.9 Å². The normalized spacial score (nSPS) is 21.0. The molecule has 2 aliphatic heterocycles. The molecule has 0 aromatic heterocycles. The number of hydrogen-bond donors (Lipinski definition) is 0. The Labute approximate surface area is 148 Å². The molecule has 0 radical (unpaired) electrons. The van der Waals surface area contributed by atoms with Crippen LogP contribution in [0.25, 0.3) is 0 Å². The van der Waals surface area contributed by atoms with Crippen molar-refractivity contribution in [3.63, 3.8) is 0 Å². The quantitative estimate of drug-likeness (QED) is 0.618. The van der Waals surface area contributed by atoms with E-state index in [1.165, 1.54) is 6.07 Å². The van der Waals surface area contributed by atoms with Gasteiger partial charge in [-0.1, -0.05) is 0 Å². The second kappa shape index (κ2) is 7.39. The molecule has 1 amide bonds. The van der Waals surface area contributed by atoms with Gasteiger partial charge in [0.25, 0.3) is 11.6 Å². The molecule has 2 fully saturated rings. The number of hydrogen-bond acceptors (Lipinski definition) is 5. The number of carbonyl (C=O) groups excluding carboxylic acids is 1. The van der Waals surface area contributed by atoms with Crippen LogP contribution in [0.15, 0.2) is 18.2 Å². The fraction of sp³-hybridized carbons (Fsp3) is 0.611. The van der Waals surface area contributed by atoms with Crippen molar-refractivity contribution < 1.29 is 9.72 Å². The van der Waals surface area contributed by atoms with E-state index in [-0.39, 0.29) is 16.5 Å². The van der Waals surface area contributed by atoms with Gasteiger partial charge in [0.1, 0.15) is 5.69 Å². The summed E-state index contributed by atoms with van der Waals surface area (Å²) in [6, 6.07) is 5.28. The van der Waals surface area contributed by atoms with Crippen molar-refractivity contribution in [1.82, 2.24) is 9.80 Å². The molecule has 136 valence electrons. The van der Waals surface area contributed by atoms with Crippen molar-refractivity contribution >= 4 is 17.3 Å². The zero-order chi connectivity index (χ0) is 18.0. The first kappa shape index (κ1) is 17.7. The highest BCUT2D eigenvalue weighted by Crippen LogP contribution is 2.32. The van der Waals surface area contributed by atoms with Gasteiger partial charge >= 0.3 is 0 Å². The molecule has 7 nitrogen and oxygen atoms in total. The Bertz CT molecular complexity index is 656. The fourth-order valence-corrected chi connectivity index (χ4v) is 3.77. The summed E-state index contributed by atoms with van der Waals surface area (Å²) in [6.07, 6.45) is 4.14. The highest BCUT2D eigenvalue weighted by atomic mass is 16.6. The van der Waals surface area contributed by atoms with Crippen LogP contribution in [0.2, 0.25) is 0 Å². The lowest BCUT2D eigenvalue weighted by Gasteiger charge is -2.36. The highest BCUT2D eigenvalue weighted by molar-refractivity contribution is 5.96. The average Bonchev–Trinajstić information content (AvgIpc) is 3.15. The molecule has 1 atom stereocenters. The van der Waals surface area contributed by atoms with Gasteiger partial charge in [0.2, 0.25) is 0 Å². The number of likely N-dealkylation sites (N-methyl/N-ethyl adjacent to an activating group) is 1. The maximum Gasteiger partial charge on any atom is 0.293 e. The lowest BCUT2D eigenvalue weighted by atomic mass is 10.0. The van der Waals surface area contributed by atoms with Crippen LogP contribution in [0.1, 0.15) is 36.0 Å². The van der Waals surface area contributed by atoms with Crippen LogP contribution in [0.5, 0.6) is 0 Å². The summed E-state index contributed by atoms with van der Waals surface area (Å²) >= 11 is 0. The summed E-state index contributed by atoms with van der Waals surface area (Å²) in [5.74, 6) is -0.109. The van der Waals surface area contributed by atoms with Crippen LogP contribution >= 0.6 is 0 Å². The molecule has 0 spiro atoms. The third kappa shape index (κ3) is 3.76. The number of benzene rings is 1. The van der Waals surface area contributed by atoms with Gasteiger partial charge in [-0.25, -0.2) is 0 Å². The number of nitro groups is 1. The van der Waals surface area contributed by atoms with E-state index in [2.05, 4.69) is 4.90 Å². The van der Waals surface area contributed by atoms with Crippen LogP contribution < -0.4 is 4.90 Å². The lowest BCUT2D eigenvalue weighted by Crippen LogP contribution is -2.47. The van der Waals surface area contributed by atoms with Crippen molar-refractivity contribution in [2.24, 2.45) is 0 Å². The predicted molar refractivity (Wildman–Crippen MR) is 97.2 cm³/mol. The van der Waals surface area contributed by atoms with Crippen LogP contribution in [0.3, 0.4) is 0 Å². The molecular weight excluding hydrogens is 320 g/mol. The second-order valence-corrected chi connectivity index (χ2v) is 7.17. The average molecular weight is 346 g/mol. The Morgan fingerprint density at radius 1 is 1.20 bits per heavy atom. The lowest BCUT2D eigenvalue weighted by molar-refractivity contribution is -0.384. The Balaban J connectivity index is 1.83. The smallest absolute Gasteiger partial charge is 0.293 e. The van der Waals surface area contributed by atoms with Crippen molar-refractivity contribution in [3.8, 4) is 0 Å². The van der Waals surface area contributed by atoms with Gasteiger partial charge in [-0.05, 0) is 51.9 Å². The minimum absolute atomic E-state index is 0.0360. The number of nitrogens with zero attached hydrogens (tertiary/aromatic N) is 4. The topological polar surface area (TPSA) is 69.9 Å². The highest BCUT2D eigenvalue weighted by Gasteiger charge is 2.28. The number of rotatable bonds is 4. The van der Waals surface area contributed by atoms with Crippen LogP contribution in [-0.4, -0.2) is 66.9 Å². The second-order valence-electron chi connectivity index (χ2n) is 7.17. The molecule has 1 aromatic rings. The first-order valence-corrected chi connectivity index (χ1v) is 8.96. The van der Waals surface area contributed by atoms with Crippen LogP contribution in [0, 0.1) is 10.1 Å². The molecule has 0 unspecified atom stereocenters. The minimum Gasteiger partial charge on any atom is -0.366 e. The van der Waals surface area contributed by atoms with E-state index in [0.717, 1.165) is 38.8 Å². The zero-order valence-corrected chi connectivity index (χ0v) is 15.0. The maximum atomic E-state index is 12.8. The van der Waals surface area contributed by atoms with E-state index < -0.39 is 0 Å². The summed E-state index contributed by atoms with van der Waals surface area (Å²) < 4.78 is 0. The number of piperidine rings is 1. The molecule has 2 aliphatic rings. The van der Waals surface area contributed by atoms with E-state index in [1.54, 1.807) is 12.1 Å². The number of amides is 1. The van der Waals surface area contributed by atoms with E-state index in [0.29, 0.717) is 30.4 Å². The largest absolute Gasteiger partial charge is 0.366 e. The molecule has 2 heterocycles. The van der Waals surface area contributed by atoms with Gasteiger partial charge < -0.3 is 14.7 Å². The summed E-state index contributed by atoms with van der Waals surface area (Å²) in [7, 11) is 4.04. The number of likely N-dealkylation sites (tertiary alicyclic amines) is 1. The molecule has 0 saturated carbocycles. The molecule has 7 heteroatoms. The molecule has 3 rings (SSSR count). The summed E-state index contributed by atoms with van der Waals surface area (Å²) in [5.41, 5.74) is 1.08. The van der Waals surface area contributed by atoms with Gasteiger partial charge in [0.15, 0.2) is 0 Å². The monoisotopic (exact) mass is 346 g/mol. The number of nitro benzene ring substituents is 1. The third-order valence-corrected chi connectivity index (χ3v) is 5.28. The zero-order valence-electron chi connectivity index (χ0n) is 15.0. The number of carbonyl (C=O) groups is 1. The van der Waals surface area contributed by atoms with Crippen molar-refractivity contribution in [3.05, 3.63) is 33.9 Å². The first-order valence-electron chi connectivity index (χ1n) is 8.96. The SMILES string of the molecule is CN(C)[C@H]1CCCN(C(=O)c2ccc(N3CCCC3)c([N+](=O)[O-])c2)C1. The summed E-state index contributed by atoms with van der Waals surface area (Å²) in [6.45, 7) is 3.06. The maximum absolute atomic E-state index is 12.8. The molecular formula is C18H26N4O3. The van der Waals surface area contributed by atoms with Crippen molar-refractivity contribution in [1.29, 1.82) is 0 Å². The van der Waals surface area contributed by atoms with E-state index in [1.807, 2.05) is 23.9 Å². The van der Waals surface area contributed by atoms with E-state index in [4.69, 9.17) is 0 Å². The fourth-order valence-electron chi connectivity index (χ4n) is 3.77. The van der Waals surface area contributed by atoms with E-state index in [9.17, 15) is 14.9 Å². The van der Waals surface area contributed by atoms with Gasteiger partial charge in [-0.2, -0.15) is 0 Å². The molecule has 25 heavy (non-hydrogen) atoms. The van der Waals surface area contributed by atoms with Gasteiger partial charge in [-0.15, -0.1) is 0 Å². The van der Waals surface area contributed by atoms with Crippen molar-refractivity contribution in [2.75, 3.05) is 45.2 Å². The standard InChI is InChI=1S/C18H26N4O3/c1-19(2)15-6-5-11-21(13-15)18(23)14-7-8-16(17(12-14)22(24)25)20-9-3-4-10-20/h7-8,12,15H,3-6,9-11,13H2,1-2H3/t15-/m0/s1. The minimum atomic E-state index is -0.372. The Morgan fingerprint density at radius 2 is 1.92 bits per heavy atom. The summed E-state index contributed by atoms with van der Waals surface area (Å²) in [5, 5.41) is 11.5. The summed E-state index contributed by atoms with van der Waals surface area (Å²) in [4.78, 5) is 30.0. The molecule has 1 aromatic carbocycles. The van der Waals surface area contributed by atoms with Gasteiger partial charge in [0.05, 0.1) is 4.92 Å². The Hall–Kier alpha value is -2.15. The van der Waals surface area contributed by atoms with Crippen LogP contribution in [0.4, 0.5) is 11.4 Å². The number of anilines is 1. The Morgan fingerprint density at radius 3 is 2.56 bits per heavy atom. The molecule has 0 bridgehead atoms. The predicted octanol–water partition coefficient (Wildman–Crippen LogP) is 2.36. The van der Waals surface area contributed by atoms with Gasteiger partial charge in [-0.3, -0.25) is 14.9 Å². The molecule has 0 aliphatic carbocycles. The Kier molecular flexibility index (Phi) is 5.22. The molecule has 0 N–H and O–H groups in total. The first-order chi connectivity index (χ1) is 12.0. The van der Waals surface area contributed by atoms with E-state index >= 15 is 0 Å². The van der Waals surface area contributed by atoms with Crippen LogP contribution in [-0.2, 0) is 0 Å². The molecule has 2 saturated heterocycles. The third-order valence-electron chi connectivity index (χ3n) is 5.28. The van der Waals surface area contributed by atoms with Crippen molar-refractivity contribution in [2.45, 2.75) is 31.7 Å².